The fourth-order valence-corrected chi connectivity index (χ4v) is 8.11. The molecule has 11 nitrogen and oxygen atoms in total. The summed E-state index contributed by atoms with van der Waals surface area (Å²) in [6, 6.07) is 0. The molecule has 0 spiro atoms. The van der Waals surface area contributed by atoms with E-state index in [-0.39, 0.29) is 25.9 Å². The summed E-state index contributed by atoms with van der Waals surface area (Å²) in [7, 11) is -4.75. The molecular formula is C58H101O11P. The number of hydrogen-bond donors (Lipinski definition) is 2. The molecule has 0 saturated carbocycles. The molecular weight excluding hydrogens is 904 g/mol. The molecule has 0 radical (unpaired) electrons. The molecule has 70 heavy (non-hydrogen) atoms. The van der Waals surface area contributed by atoms with Crippen molar-refractivity contribution in [3.8, 4) is 0 Å². The lowest BCUT2D eigenvalue weighted by Gasteiger charge is -2.21. The molecule has 0 bridgehead atoms. The highest BCUT2D eigenvalue weighted by Crippen LogP contribution is 2.43. The van der Waals surface area contributed by atoms with Crippen molar-refractivity contribution in [2.75, 3.05) is 26.4 Å². The number of rotatable bonds is 51. The molecule has 0 amide bonds. The zero-order valence-corrected chi connectivity index (χ0v) is 45.4. The molecule has 2 N–H and O–H groups in total. The molecule has 3 unspecified atom stereocenters. The van der Waals surface area contributed by atoms with Gasteiger partial charge in [0.15, 0.2) is 6.10 Å². The summed E-state index contributed by atoms with van der Waals surface area (Å²) in [6.45, 7) is 4.44. The van der Waals surface area contributed by atoms with Crippen molar-refractivity contribution in [1.29, 1.82) is 0 Å². The molecule has 3 atom stereocenters. The van der Waals surface area contributed by atoms with Crippen LogP contribution < -0.4 is 0 Å². The van der Waals surface area contributed by atoms with E-state index in [1.165, 1.54) is 51.4 Å². The van der Waals surface area contributed by atoms with E-state index in [1.54, 1.807) is 0 Å². The van der Waals surface area contributed by atoms with E-state index in [1.807, 2.05) is 0 Å². The average Bonchev–Trinajstić information content (AvgIpc) is 3.35. The van der Waals surface area contributed by atoms with Gasteiger partial charge in [0.1, 0.15) is 12.7 Å². The van der Waals surface area contributed by atoms with Gasteiger partial charge >= 0.3 is 25.7 Å². The van der Waals surface area contributed by atoms with Gasteiger partial charge in [-0.2, -0.15) is 0 Å². The Balaban J connectivity index is 4.80. The van der Waals surface area contributed by atoms with Crippen molar-refractivity contribution in [3.63, 3.8) is 0 Å². The van der Waals surface area contributed by atoms with Gasteiger partial charge in [-0.25, -0.2) is 4.57 Å². The first-order chi connectivity index (χ1) is 34.2. The van der Waals surface area contributed by atoms with E-state index in [4.69, 9.17) is 23.3 Å². The van der Waals surface area contributed by atoms with Crippen molar-refractivity contribution in [2.45, 2.75) is 251 Å². The van der Waals surface area contributed by atoms with Gasteiger partial charge in [-0.1, -0.05) is 190 Å². The SMILES string of the molecule is CC/C=C\C/C=C\C/C=C\C/C=C\CCCCCCC(=O)OC(COC(=O)CCCCCCC/C=C\CCCCCCCC)COP(=O)(O)OCC(CO)OC(=O)CCCCCCC/C=C\CCCC. The van der Waals surface area contributed by atoms with Gasteiger partial charge in [0.2, 0.25) is 0 Å². The first-order valence-electron chi connectivity index (χ1n) is 27.8. The molecule has 12 heteroatoms. The number of hydrogen-bond acceptors (Lipinski definition) is 10. The van der Waals surface area contributed by atoms with Crippen LogP contribution in [0.2, 0.25) is 0 Å². The van der Waals surface area contributed by atoms with Gasteiger partial charge in [-0.3, -0.25) is 23.4 Å². The second-order valence-electron chi connectivity index (χ2n) is 18.4. The minimum absolute atomic E-state index is 0.136. The number of carbonyl (C=O) groups is 3. The third-order valence-electron chi connectivity index (χ3n) is 11.6. The lowest BCUT2D eigenvalue weighted by Crippen LogP contribution is -2.30. The van der Waals surface area contributed by atoms with Gasteiger partial charge in [0.05, 0.1) is 19.8 Å². The maximum Gasteiger partial charge on any atom is 0.472 e. The Morgan fingerprint density at radius 3 is 1.20 bits per heavy atom. The highest BCUT2D eigenvalue weighted by atomic mass is 31.2. The van der Waals surface area contributed by atoms with Crippen molar-refractivity contribution in [2.24, 2.45) is 0 Å². The third-order valence-corrected chi connectivity index (χ3v) is 12.5. The number of esters is 3. The van der Waals surface area contributed by atoms with Crippen LogP contribution in [0.3, 0.4) is 0 Å². The van der Waals surface area contributed by atoms with Crippen LogP contribution in [0.15, 0.2) is 72.9 Å². The van der Waals surface area contributed by atoms with Crippen LogP contribution in [0.1, 0.15) is 239 Å². The van der Waals surface area contributed by atoms with E-state index in [9.17, 15) is 28.9 Å². The molecule has 0 aliphatic rings. The van der Waals surface area contributed by atoms with Crippen molar-refractivity contribution >= 4 is 25.7 Å². The predicted molar refractivity (Wildman–Crippen MR) is 288 cm³/mol. The fourth-order valence-electron chi connectivity index (χ4n) is 7.32. The zero-order valence-electron chi connectivity index (χ0n) is 44.5. The minimum atomic E-state index is -4.75. The summed E-state index contributed by atoms with van der Waals surface area (Å²) < 4.78 is 39.4. The van der Waals surface area contributed by atoms with Gasteiger partial charge in [0, 0.05) is 19.3 Å². The van der Waals surface area contributed by atoms with Gasteiger partial charge < -0.3 is 24.2 Å². The normalized spacial score (nSPS) is 14.0. The number of allylic oxidation sites excluding steroid dienone is 12. The standard InChI is InChI=1S/C58H101O11P/c1-4-7-10-13-16-19-22-24-26-27-29-31-34-37-40-43-46-49-58(62)69-55(51-65-56(60)47-44-41-38-35-33-30-28-25-23-20-17-14-11-8-5-2)53-67-70(63,64)66-52-54(50-59)68-57(61)48-45-42-39-36-32-21-18-15-12-9-6-3/h7,10,15-16,18-19,24-26,28-29,31,54-55,59H,4-6,8-9,11-14,17,20-23,27,30,32-53H2,1-3H3,(H,63,64)/b10-7-,18-15-,19-16-,26-24-,28-25-,31-29-. The van der Waals surface area contributed by atoms with Gasteiger partial charge in [0.25, 0.3) is 0 Å². The third kappa shape index (κ3) is 49.9. The molecule has 0 aromatic heterocycles. The van der Waals surface area contributed by atoms with Crippen molar-refractivity contribution in [3.05, 3.63) is 72.9 Å². The maximum absolute atomic E-state index is 12.9. The van der Waals surface area contributed by atoms with Crippen LogP contribution in [-0.4, -0.2) is 66.5 Å². The van der Waals surface area contributed by atoms with Crippen LogP contribution in [0.25, 0.3) is 0 Å². The van der Waals surface area contributed by atoms with Crippen LogP contribution >= 0.6 is 7.82 Å². The van der Waals surface area contributed by atoms with Crippen LogP contribution in [0, 0.1) is 0 Å². The molecule has 0 heterocycles. The van der Waals surface area contributed by atoms with Crippen LogP contribution in [0.5, 0.6) is 0 Å². The topological polar surface area (TPSA) is 155 Å². The number of aliphatic hydroxyl groups excluding tert-OH is 1. The number of phosphoric ester groups is 1. The van der Waals surface area contributed by atoms with Gasteiger partial charge in [-0.05, 0) is 103 Å². The number of aliphatic hydroxyl groups is 1. The largest absolute Gasteiger partial charge is 0.472 e. The molecule has 0 aliphatic carbocycles. The maximum atomic E-state index is 12.9. The number of ether oxygens (including phenoxy) is 3. The first-order valence-corrected chi connectivity index (χ1v) is 29.3. The Morgan fingerprint density at radius 2 is 0.757 bits per heavy atom. The number of unbranched alkanes of at least 4 members (excludes halogenated alkanes) is 22. The summed E-state index contributed by atoms with van der Waals surface area (Å²) in [5.74, 6) is -1.51. The fraction of sp³-hybridized carbons (Fsp3) is 0.741. The molecule has 0 aliphatic heterocycles. The van der Waals surface area contributed by atoms with E-state index in [0.717, 1.165) is 128 Å². The molecule has 0 saturated heterocycles. The minimum Gasteiger partial charge on any atom is -0.462 e. The summed E-state index contributed by atoms with van der Waals surface area (Å²) in [5.41, 5.74) is 0. The Morgan fingerprint density at radius 1 is 0.414 bits per heavy atom. The Hall–Kier alpha value is -3.08. The summed E-state index contributed by atoms with van der Waals surface area (Å²) in [5, 5.41) is 9.78. The highest BCUT2D eigenvalue weighted by Gasteiger charge is 2.28. The average molecular weight is 1010 g/mol. The molecule has 404 valence electrons. The van der Waals surface area contributed by atoms with Crippen molar-refractivity contribution < 1.29 is 52.2 Å². The zero-order chi connectivity index (χ0) is 51.3. The van der Waals surface area contributed by atoms with Crippen molar-refractivity contribution in [1.82, 2.24) is 0 Å². The molecule has 0 aromatic carbocycles. The quantitative estimate of drug-likeness (QED) is 0.0197. The smallest absolute Gasteiger partial charge is 0.462 e. The van der Waals surface area contributed by atoms with E-state index >= 15 is 0 Å². The van der Waals surface area contributed by atoms with Gasteiger partial charge in [-0.15, -0.1) is 0 Å². The molecule has 0 aromatic rings. The lowest BCUT2D eigenvalue weighted by atomic mass is 10.1. The van der Waals surface area contributed by atoms with E-state index in [0.29, 0.717) is 19.3 Å². The number of phosphoric acid groups is 1. The monoisotopic (exact) mass is 1000 g/mol. The molecule has 0 fully saturated rings. The van der Waals surface area contributed by atoms with E-state index in [2.05, 4.69) is 93.7 Å². The lowest BCUT2D eigenvalue weighted by molar-refractivity contribution is -0.161. The second kappa shape index (κ2) is 52.2. The first kappa shape index (κ1) is 66.9. The Bertz CT molecular complexity index is 1450. The predicted octanol–water partition coefficient (Wildman–Crippen LogP) is 16.1. The number of carbonyl (C=O) groups excluding carboxylic acids is 3. The Labute approximate surface area is 427 Å². The van der Waals surface area contributed by atoms with Crippen LogP contribution in [0.4, 0.5) is 0 Å². The van der Waals surface area contributed by atoms with Crippen LogP contribution in [-0.2, 0) is 42.2 Å². The summed E-state index contributed by atoms with van der Waals surface area (Å²) in [4.78, 5) is 48.4. The second-order valence-corrected chi connectivity index (χ2v) is 19.8. The highest BCUT2D eigenvalue weighted by molar-refractivity contribution is 7.47. The van der Waals surface area contributed by atoms with E-state index < -0.39 is 57.8 Å². The molecule has 0 rings (SSSR count). The summed E-state index contributed by atoms with van der Waals surface area (Å²) >= 11 is 0. The summed E-state index contributed by atoms with van der Waals surface area (Å²) in [6.07, 6.45) is 57.2. The Kier molecular flexibility index (Phi) is 50.0.